The van der Waals surface area contributed by atoms with Crippen LogP contribution in [0.15, 0.2) is 43.0 Å². The normalized spacial score (nSPS) is 19.6. The Morgan fingerprint density at radius 3 is 2.75 bits per heavy atom. The highest BCUT2D eigenvalue weighted by Crippen LogP contribution is 2.32. The van der Waals surface area contributed by atoms with Gasteiger partial charge in [-0.3, -0.25) is 9.50 Å². The van der Waals surface area contributed by atoms with Crippen LogP contribution in [0.5, 0.6) is 0 Å². The molecule has 166 valence electrons. The molecular formula is C21H20F3N7O. The number of aryl methyl sites for hydroxylation is 1. The van der Waals surface area contributed by atoms with Crippen molar-refractivity contribution in [1.29, 1.82) is 0 Å². The van der Waals surface area contributed by atoms with Crippen molar-refractivity contribution in [3.8, 4) is 11.5 Å². The van der Waals surface area contributed by atoms with E-state index < -0.39 is 17.8 Å². The van der Waals surface area contributed by atoms with Crippen molar-refractivity contribution < 1.29 is 18.3 Å². The predicted octanol–water partition coefficient (Wildman–Crippen LogP) is 3.20. The lowest BCUT2D eigenvalue weighted by Gasteiger charge is -2.36. The van der Waals surface area contributed by atoms with Crippen LogP contribution in [0.1, 0.15) is 29.2 Å². The fourth-order valence-corrected chi connectivity index (χ4v) is 4.23. The molecule has 4 aromatic heterocycles. The highest BCUT2D eigenvalue weighted by molar-refractivity contribution is 5.59. The molecule has 0 saturated carbocycles. The maximum Gasteiger partial charge on any atom is 0.417 e. The number of β-amino-alcohol motifs (C(OH)–C–C–N with tert-alkyl or cyclic N) is 1. The van der Waals surface area contributed by atoms with Gasteiger partial charge < -0.3 is 10.0 Å². The Morgan fingerprint density at radius 1 is 1.16 bits per heavy atom. The SMILES string of the molecule is Cc1n[nH]cc1C1CC(O)CN(c2ccnc(-c3cnc4ccc(C(F)(F)F)cn34)n2)C1. The number of H-pyrrole nitrogens is 1. The zero-order valence-electron chi connectivity index (χ0n) is 17.1. The van der Waals surface area contributed by atoms with Gasteiger partial charge in [-0.2, -0.15) is 18.3 Å². The maximum atomic E-state index is 13.2. The molecule has 2 atom stereocenters. The van der Waals surface area contributed by atoms with Gasteiger partial charge in [0.1, 0.15) is 17.2 Å². The summed E-state index contributed by atoms with van der Waals surface area (Å²) in [5, 5.41) is 17.5. The largest absolute Gasteiger partial charge is 0.417 e. The summed E-state index contributed by atoms with van der Waals surface area (Å²) < 4.78 is 40.9. The molecule has 4 aromatic rings. The van der Waals surface area contributed by atoms with Gasteiger partial charge in [0.05, 0.1) is 23.6 Å². The smallest absolute Gasteiger partial charge is 0.391 e. The summed E-state index contributed by atoms with van der Waals surface area (Å²) in [6, 6.07) is 4.04. The van der Waals surface area contributed by atoms with Gasteiger partial charge in [-0.1, -0.05) is 0 Å². The summed E-state index contributed by atoms with van der Waals surface area (Å²) in [5.74, 6) is 0.910. The first-order valence-electron chi connectivity index (χ1n) is 10.1. The number of alkyl halides is 3. The van der Waals surface area contributed by atoms with Crippen molar-refractivity contribution in [2.24, 2.45) is 0 Å². The minimum atomic E-state index is -4.47. The molecule has 0 aromatic carbocycles. The van der Waals surface area contributed by atoms with Crippen molar-refractivity contribution in [2.45, 2.75) is 31.5 Å². The highest BCUT2D eigenvalue weighted by atomic mass is 19.4. The monoisotopic (exact) mass is 443 g/mol. The Kier molecular flexibility index (Phi) is 4.85. The van der Waals surface area contributed by atoms with E-state index in [4.69, 9.17) is 0 Å². The summed E-state index contributed by atoms with van der Waals surface area (Å²) >= 11 is 0. The highest BCUT2D eigenvalue weighted by Gasteiger charge is 2.32. The van der Waals surface area contributed by atoms with Gasteiger partial charge >= 0.3 is 6.18 Å². The lowest BCUT2D eigenvalue weighted by atomic mass is 9.89. The molecule has 2 unspecified atom stereocenters. The summed E-state index contributed by atoms with van der Waals surface area (Å²) in [5.41, 5.74) is 1.87. The Hall–Kier alpha value is -3.47. The Balaban J connectivity index is 1.49. The minimum absolute atomic E-state index is 0.0704. The van der Waals surface area contributed by atoms with Crippen LogP contribution < -0.4 is 4.90 Å². The van der Waals surface area contributed by atoms with Gasteiger partial charge in [-0.05, 0) is 37.1 Å². The van der Waals surface area contributed by atoms with Crippen LogP contribution in [0, 0.1) is 6.92 Å². The number of fused-ring (bicyclic) bond motifs is 1. The Morgan fingerprint density at radius 2 is 2.00 bits per heavy atom. The molecule has 8 nitrogen and oxygen atoms in total. The molecule has 0 aliphatic carbocycles. The number of aromatic amines is 1. The minimum Gasteiger partial charge on any atom is -0.391 e. The van der Waals surface area contributed by atoms with E-state index in [1.807, 2.05) is 18.0 Å². The summed E-state index contributed by atoms with van der Waals surface area (Å²) in [4.78, 5) is 15.0. The second kappa shape index (κ2) is 7.59. The second-order valence-corrected chi connectivity index (χ2v) is 7.94. The van der Waals surface area contributed by atoms with Crippen molar-refractivity contribution in [1.82, 2.24) is 29.5 Å². The molecule has 1 aliphatic rings. The third kappa shape index (κ3) is 3.68. The lowest BCUT2D eigenvalue weighted by molar-refractivity contribution is -0.137. The molecule has 0 bridgehead atoms. The quantitative estimate of drug-likeness (QED) is 0.505. The van der Waals surface area contributed by atoms with Crippen LogP contribution in [-0.2, 0) is 6.18 Å². The van der Waals surface area contributed by atoms with Gasteiger partial charge in [0.15, 0.2) is 5.82 Å². The van der Waals surface area contributed by atoms with Crippen LogP contribution in [0.3, 0.4) is 0 Å². The van der Waals surface area contributed by atoms with E-state index >= 15 is 0 Å². The van der Waals surface area contributed by atoms with Crippen LogP contribution in [0.2, 0.25) is 0 Å². The average molecular weight is 443 g/mol. The second-order valence-electron chi connectivity index (χ2n) is 7.94. The number of anilines is 1. The maximum absolute atomic E-state index is 13.2. The van der Waals surface area contributed by atoms with Crippen LogP contribution >= 0.6 is 0 Å². The first-order chi connectivity index (χ1) is 15.3. The molecule has 1 saturated heterocycles. The third-order valence-corrected chi connectivity index (χ3v) is 5.77. The standard InChI is InChI=1S/C21H20F3N7O/c1-12-16(7-27-29-12)13-6-15(32)11-30(9-13)19-4-5-25-20(28-19)17-8-26-18-3-2-14(10-31(17)18)21(22,23)24/h2-5,7-8,10,13,15,32H,6,9,11H2,1H3,(H,27,29). The fraction of sp³-hybridized carbons (Fsp3) is 0.333. The average Bonchev–Trinajstić information content (AvgIpc) is 3.38. The molecule has 5 heterocycles. The summed E-state index contributed by atoms with van der Waals surface area (Å²) in [7, 11) is 0. The van der Waals surface area contributed by atoms with E-state index in [1.165, 1.54) is 16.7 Å². The van der Waals surface area contributed by atoms with Crippen molar-refractivity contribution in [2.75, 3.05) is 18.0 Å². The number of aromatic nitrogens is 6. The molecule has 0 spiro atoms. The third-order valence-electron chi connectivity index (χ3n) is 5.77. The number of nitrogens with one attached hydrogen (secondary N) is 1. The number of rotatable bonds is 3. The molecule has 0 amide bonds. The number of aliphatic hydroxyl groups excluding tert-OH is 1. The zero-order chi connectivity index (χ0) is 22.5. The van der Waals surface area contributed by atoms with Crippen molar-refractivity contribution >= 4 is 11.5 Å². The van der Waals surface area contributed by atoms with Crippen molar-refractivity contribution in [3.05, 3.63) is 59.8 Å². The molecular weight excluding hydrogens is 423 g/mol. The van der Waals surface area contributed by atoms with E-state index in [0.29, 0.717) is 36.7 Å². The zero-order valence-corrected chi connectivity index (χ0v) is 17.1. The topological polar surface area (TPSA) is 95.2 Å². The first-order valence-corrected chi connectivity index (χ1v) is 10.1. The van der Waals surface area contributed by atoms with Crippen LogP contribution in [-0.4, -0.2) is 53.9 Å². The van der Waals surface area contributed by atoms with Gasteiger partial charge in [0.25, 0.3) is 0 Å². The summed E-state index contributed by atoms with van der Waals surface area (Å²) in [6.45, 7) is 2.94. The number of nitrogens with zero attached hydrogens (tertiary/aromatic N) is 6. The first kappa shape index (κ1) is 20.4. The Bertz CT molecular complexity index is 1270. The number of halogens is 3. The molecule has 1 aliphatic heterocycles. The number of hydrogen-bond donors (Lipinski definition) is 2. The van der Waals surface area contributed by atoms with Crippen molar-refractivity contribution in [3.63, 3.8) is 0 Å². The van der Waals surface area contributed by atoms with E-state index in [9.17, 15) is 18.3 Å². The van der Waals surface area contributed by atoms with Gasteiger partial charge in [0.2, 0.25) is 0 Å². The van der Waals surface area contributed by atoms with Gasteiger partial charge in [0, 0.05) is 37.6 Å². The molecule has 2 N–H and O–H groups in total. The van der Waals surface area contributed by atoms with E-state index in [2.05, 4.69) is 25.1 Å². The van der Waals surface area contributed by atoms with Gasteiger partial charge in [-0.25, -0.2) is 15.0 Å². The number of imidazole rings is 1. The van der Waals surface area contributed by atoms with Crippen LogP contribution in [0.4, 0.5) is 19.0 Å². The lowest BCUT2D eigenvalue weighted by Crippen LogP contribution is -2.42. The van der Waals surface area contributed by atoms with E-state index in [-0.39, 0.29) is 11.7 Å². The van der Waals surface area contributed by atoms with Crippen LogP contribution in [0.25, 0.3) is 17.2 Å². The number of aliphatic hydroxyl groups is 1. The molecule has 0 radical (unpaired) electrons. The van der Waals surface area contributed by atoms with E-state index in [1.54, 1.807) is 12.3 Å². The molecule has 5 rings (SSSR count). The van der Waals surface area contributed by atoms with E-state index in [0.717, 1.165) is 23.5 Å². The number of piperidine rings is 1. The molecule has 11 heteroatoms. The molecule has 1 fully saturated rings. The Labute approximate surface area is 180 Å². The summed E-state index contributed by atoms with van der Waals surface area (Å²) in [6.07, 6.45) is 1.45. The number of pyridine rings is 1. The predicted molar refractivity (Wildman–Crippen MR) is 110 cm³/mol. The molecule has 32 heavy (non-hydrogen) atoms. The fourth-order valence-electron chi connectivity index (χ4n) is 4.23. The van der Waals surface area contributed by atoms with Gasteiger partial charge in [-0.15, -0.1) is 0 Å². The number of hydrogen-bond acceptors (Lipinski definition) is 6.